The maximum absolute atomic E-state index is 12.0. The number of nitrogens with one attached hydrogen (secondary N) is 1. The van der Waals surface area contributed by atoms with Crippen molar-refractivity contribution < 1.29 is 14.7 Å². The summed E-state index contributed by atoms with van der Waals surface area (Å²) < 4.78 is 0. The minimum absolute atomic E-state index is 0.239. The number of rotatable bonds is 5. The van der Waals surface area contributed by atoms with Crippen molar-refractivity contribution in [3.63, 3.8) is 0 Å². The highest BCUT2D eigenvalue weighted by Gasteiger charge is 2.39. The Balaban J connectivity index is 2.22. The van der Waals surface area contributed by atoms with Crippen LogP contribution in [0.4, 0.5) is 0 Å². The van der Waals surface area contributed by atoms with Gasteiger partial charge in [-0.2, -0.15) is 0 Å². The molecular formula is C14H17N3O3. The molecule has 2 aromatic rings. The second-order valence-electron chi connectivity index (χ2n) is 5.04. The number of benzene rings is 1. The van der Waals surface area contributed by atoms with Crippen LogP contribution in [0.1, 0.15) is 12.5 Å². The molecule has 0 bridgehead atoms. The van der Waals surface area contributed by atoms with Gasteiger partial charge >= 0.3 is 5.97 Å². The van der Waals surface area contributed by atoms with Gasteiger partial charge in [-0.1, -0.05) is 18.2 Å². The maximum Gasteiger partial charge on any atom is 0.331 e. The third kappa shape index (κ3) is 2.43. The van der Waals surface area contributed by atoms with E-state index < -0.39 is 23.3 Å². The van der Waals surface area contributed by atoms with Crippen molar-refractivity contribution >= 4 is 22.7 Å². The van der Waals surface area contributed by atoms with Crippen LogP contribution in [0.2, 0.25) is 0 Å². The van der Waals surface area contributed by atoms with Gasteiger partial charge in [-0.15, -0.1) is 0 Å². The second-order valence-corrected chi connectivity index (χ2v) is 5.04. The summed E-state index contributed by atoms with van der Waals surface area (Å²) in [4.78, 5) is 26.1. The van der Waals surface area contributed by atoms with E-state index in [1.807, 2.05) is 24.3 Å². The number of nitrogens with two attached hydrogens (primary N) is 2. The van der Waals surface area contributed by atoms with Crippen LogP contribution in [0, 0.1) is 0 Å². The Morgan fingerprint density at radius 1 is 1.40 bits per heavy atom. The van der Waals surface area contributed by atoms with Crippen LogP contribution in [0.3, 0.4) is 0 Å². The molecule has 6 N–H and O–H groups in total. The first-order valence-corrected chi connectivity index (χ1v) is 6.21. The number of para-hydroxylation sites is 1. The number of carboxylic acid groups (broad SMARTS) is 1. The van der Waals surface area contributed by atoms with E-state index in [1.165, 1.54) is 0 Å². The highest BCUT2D eigenvalue weighted by atomic mass is 16.4. The minimum Gasteiger partial charge on any atom is -0.480 e. The second kappa shape index (κ2) is 5.07. The van der Waals surface area contributed by atoms with Gasteiger partial charge in [-0.05, 0) is 25.0 Å². The predicted molar refractivity (Wildman–Crippen MR) is 75.2 cm³/mol. The normalized spacial score (nSPS) is 15.8. The Morgan fingerprint density at radius 3 is 2.70 bits per heavy atom. The zero-order valence-electron chi connectivity index (χ0n) is 11.1. The van der Waals surface area contributed by atoms with Crippen LogP contribution >= 0.6 is 0 Å². The van der Waals surface area contributed by atoms with E-state index in [0.717, 1.165) is 23.4 Å². The molecule has 0 aliphatic carbocycles. The lowest BCUT2D eigenvalue weighted by molar-refractivity contribution is -0.147. The molecule has 106 valence electrons. The third-order valence-electron chi connectivity index (χ3n) is 3.41. The predicted octanol–water partition coefficient (Wildman–Crippen LogP) is 0.409. The van der Waals surface area contributed by atoms with E-state index >= 15 is 0 Å². The Kier molecular flexibility index (Phi) is 3.61. The average molecular weight is 275 g/mol. The van der Waals surface area contributed by atoms with Crippen LogP contribution in [-0.2, 0) is 16.0 Å². The van der Waals surface area contributed by atoms with E-state index in [0.29, 0.717) is 0 Å². The van der Waals surface area contributed by atoms with Gasteiger partial charge < -0.3 is 21.6 Å². The zero-order chi connectivity index (χ0) is 14.9. The van der Waals surface area contributed by atoms with E-state index in [1.54, 1.807) is 6.20 Å². The van der Waals surface area contributed by atoms with Gasteiger partial charge in [0.25, 0.3) is 0 Å². The number of H-pyrrole nitrogens is 1. The Labute approximate surface area is 115 Å². The number of hydrogen-bond acceptors (Lipinski definition) is 4. The standard InChI is InChI=1S/C14H17N3O3/c1-14(16,13(19)20)12(18)10(15)6-8-7-17-11-5-3-2-4-9(8)11/h2-5,7,10,17H,6,15-16H2,1H3,(H,19,20). The number of aromatic amines is 1. The molecule has 0 spiro atoms. The summed E-state index contributed by atoms with van der Waals surface area (Å²) in [5, 5.41) is 9.91. The zero-order valence-corrected chi connectivity index (χ0v) is 11.1. The molecule has 0 amide bonds. The minimum atomic E-state index is -1.97. The van der Waals surface area contributed by atoms with Crippen LogP contribution in [0.25, 0.3) is 10.9 Å². The molecule has 0 saturated carbocycles. The number of hydrogen-bond donors (Lipinski definition) is 4. The van der Waals surface area contributed by atoms with E-state index in [4.69, 9.17) is 16.6 Å². The summed E-state index contributed by atoms with van der Waals surface area (Å²) in [7, 11) is 0. The summed E-state index contributed by atoms with van der Waals surface area (Å²) in [5.41, 5.74) is 11.2. The molecule has 0 fully saturated rings. The molecule has 2 unspecified atom stereocenters. The van der Waals surface area contributed by atoms with Gasteiger partial charge in [-0.25, -0.2) is 4.79 Å². The number of ketones is 1. The maximum atomic E-state index is 12.0. The summed E-state index contributed by atoms with van der Waals surface area (Å²) in [6.45, 7) is 1.16. The van der Waals surface area contributed by atoms with Gasteiger partial charge in [0.15, 0.2) is 11.3 Å². The molecule has 20 heavy (non-hydrogen) atoms. The van der Waals surface area contributed by atoms with Gasteiger partial charge in [-0.3, -0.25) is 4.79 Å². The number of fused-ring (bicyclic) bond motifs is 1. The summed E-state index contributed by atoms with van der Waals surface area (Å²) in [6.07, 6.45) is 2.01. The molecule has 2 atom stereocenters. The fourth-order valence-electron chi connectivity index (χ4n) is 2.12. The third-order valence-corrected chi connectivity index (χ3v) is 3.41. The number of carbonyl (C=O) groups excluding carboxylic acids is 1. The lowest BCUT2D eigenvalue weighted by Gasteiger charge is -2.21. The Hall–Kier alpha value is -2.18. The van der Waals surface area contributed by atoms with Gasteiger partial charge in [0.1, 0.15) is 0 Å². The smallest absolute Gasteiger partial charge is 0.331 e. The molecule has 0 aliphatic heterocycles. The molecule has 1 heterocycles. The molecule has 2 rings (SSSR count). The van der Waals surface area contributed by atoms with Gasteiger partial charge in [0.2, 0.25) is 0 Å². The molecule has 0 radical (unpaired) electrons. The highest BCUT2D eigenvalue weighted by Crippen LogP contribution is 2.19. The van der Waals surface area contributed by atoms with Crippen molar-refractivity contribution in [2.75, 3.05) is 0 Å². The number of aromatic nitrogens is 1. The lowest BCUT2D eigenvalue weighted by Crippen LogP contribution is -2.58. The van der Waals surface area contributed by atoms with E-state index in [2.05, 4.69) is 4.98 Å². The van der Waals surface area contributed by atoms with Crippen LogP contribution in [0.5, 0.6) is 0 Å². The van der Waals surface area contributed by atoms with Crippen LogP contribution in [0.15, 0.2) is 30.5 Å². The lowest BCUT2D eigenvalue weighted by atomic mass is 9.89. The molecular weight excluding hydrogens is 258 g/mol. The number of carbonyl (C=O) groups is 2. The summed E-state index contributed by atoms with van der Waals surface area (Å²) in [5.74, 6) is -2.06. The fourth-order valence-corrected chi connectivity index (χ4v) is 2.12. The Bertz CT molecular complexity index is 660. The van der Waals surface area contributed by atoms with Crippen molar-refractivity contribution in [1.29, 1.82) is 0 Å². The summed E-state index contributed by atoms with van der Waals surface area (Å²) in [6, 6.07) is 6.65. The van der Waals surface area contributed by atoms with Crippen molar-refractivity contribution in [2.45, 2.75) is 24.9 Å². The Morgan fingerprint density at radius 2 is 2.05 bits per heavy atom. The van der Waals surface area contributed by atoms with Crippen LogP contribution in [-0.4, -0.2) is 33.4 Å². The quantitative estimate of drug-likeness (QED) is 0.589. The molecule has 0 saturated heterocycles. The monoisotopic (exact) mass is 275 g/mol. The van der Waals surface area contributed by atoms with E-state index in [9.17, 15) is 9.59 Å². The average Bonchev–Trinajstić information content (AvgIpc) is 2.81. The first kappa shape index (κ1) is 14.2. The SMILES string of the molecule is CC(N)(C(=O)O)C(=O)C(N)Cc1c[nH]c2ccccc12. The number of Topliss-reactive ketones (excluding diaryl/α,β-unsaturated/α-hetero) is 1. The van der Waals surface area contributed by atoms with Gasteiger partial charge in [0.05, 0.1) is 6.04 Å². The molecule has 6 heteroatoms. The van der Waals surface area contributed by atoms with Crippen molar-refractivity contribution in [3.05, 3.63) is 36.0 Å². The first-order chi connectivity index (χ1) is 9.34. The molecule has 1 aromatic carbocycles. The van der Waals surface area contributed by atoms with E-state index in [-0.39, 0.29) is 6.42 Å². The summed E-state index contributed by atoms with van der Waals surface area (Å²) >= 11 is 0. The topological polar surface area (TPSA) is 122 Å². The molecule has 6 nitrogen and oxygen atoms in total. The fraction of sp³-hybridized carbons (Fsp3) is 0.286. The largest absolute Gasteiger partial charge is 0.480 e. The molecule has 0 aliphatic rings. The number of aliphatic carboxylic acids is 1. The highest BCUT2D eigenvalue weighted by molar-refractivity contribution is 6.09. The van der Waals surface area contributed by atoms with Crippen molar-refractivity contribution in [2.24, 2.45) is 11.5 Å². The van der Waals surface area contributed by atoms with Crippen molar-refractivity contribution in [1.82, 2.24) is 4.98 Å². The first-order valence-electron chi connectivity index (χ1n) is 6.21. The van der Waals surface area contributed by atoms with Crippen LogP contribution < -0.4 is 11.5 Å². The molecule has 1 aromatic heterocycles. The van der Waals surface area contributed by atoms with Crippen molar-refractivity contribution in [3.8, 4) is 0 Å². The number of carboxylic acids is 1. The van der Waals surface area contributed by atoms with Gasteiger partial charge in [0, 0.05) is 17.1 Å².